The second-order valence-electron chi connectivity index (χ2n) is 3.91. The van der Waals surface area contributed by atoms with Crippen molar-refractivity contribution in [1.29, 1.82) is 0 Å². The summed E-state index contributed by atoms with van der Waals surface area (Å²) in [7, 11) is 0. The van der Waals surface area contributed by atoms with Crippen LogP contribution >= 0.6 is 0 Å². The molecule has 0 bridgehead atoms. The molecule has 1 N–H and O–H groups in total. The molecule has 3 heteroatoms. The molecule has 1 aromatic rings. The van der Waals surface area contributed by atoms with E-state index in [1.54, 1.807) is 0 Å². The van der Waals surface area contributed by atoms with Crippen molar-refractivity contribution in [2.45, 2.75) is 33.3 Å². The van der Waals surface area contributed by atoms with E-state index in [-0.39, 0.29) is 12.0 Å². The van der Waals surface area contributed by atoms with Crippen molar-refractivity contribution in [2.24, 2.45) is 0 Å². The van der Waals surface area contributed by atoms with Crippen LogP contribution in [0.3, 0.4) is 0 Å². The lowest BCUT2D eigenvalue weighted by Gasteiger charge is -2.27. The number of ether oxygens (including phenoxy) is 1. The monoisotopic (exact) mass is 205 g/mol. The molecular weight excluding hydrogens is 190 g/mol. The SMILES string of the molecule is CCC1Oc2c(C)ccc(C)c2NC1=O. The van der Waals surface area contributed by atoms with Crippen molar-refractivity contribution in [1.82, 2.24) is 0 Å². The number of carbonyl (C=O) groups is 1. The van der Waals surface area contributed by atoms with Crippen LogP contribution in [0.15, 0.2) is 12.1 Å². The van der Waals surface area contributed by atoms with Gasteiger partial charge in [0, 0.05) is 0 Å². The molecule has 0 aromatic heterocycles. The van der Waals surface area contributed by atoms with E-state index in [0.717, 1.165) is 22.6 Å². The number of anilines is 1. The summed E-state index contributed by atoms with van der Waals surface area (Å²) in [6.45, 7) is 5.90. The lowest BCUT2D eigenvalue weighted by atomic mass is 10.1. The number of rotatable bonds is 1. The predicted octanol–water partition coefficient (Wildman–Crippen LogP) is 2.41. The molecule has 2 rings (SSSR count). The van der Waals surface area contributed by atoms with Crippen LogP contribution in [-0.4, -0.2) is 12.0 Å². The van der Waals surface area contributed by atoms with Crippen molar-refractivity contribution in [3.8, 4) is 5.75 Å². The first-order valence-corrected chi connectivity index (χ1v) is 5.21. The molecule has 1 aliphatic rings. The number of carbonyl (C=O) groups excluding carboxylic acids is 1. The Kier molecular flexibility index (Phi) is 2.39. The summed E-state index contributed by atoms with van der Waals surface area (Å²) in [6.07, 6.45) is 0.344. The third kappa shape index (κ3) is 1.58. The lowest BCUT2D eigenvalue weighted by Crippen LogP contribution is -2.37. The Labute approximate surface area is 89.4 Å². The molecule has 1 heterocycles. The van der Waals surface area contributed by atoms with Gasteiger partial charge >= 0.3 is 0 Å². The van der Waals surface area contributed by atoms with Crippen molar-refractivity contribution in [3.63, 3.8) is 0 Å². The van der Waals surface area contributed by atoms with Crippen LogP contribution < -0.4 is 10.1 Å². The molecule has 0 radical (unpaired) electrons. The van der Waals surface area contributed by atoms with Gasteiger partial charge in [0.15, 0.2) is 6.10 Å². The average Bonchev–Trinajstić information content (AvgIpc) is 2.23. The fraction of sp³-hybridized carbons (Fsp3) is 0.417. The Hall–Kier alpha value is -1.51. The van der Waals surface area contributed by atoms with Crippen molar-refractivity contribution >= 4 is 11.6 Å². The third-order valence-corrected chi connectivity index (χ3v) is 2.73. The number of fused-ring (bicyclic) bond motifs is 1. The van der Waals surface area contributed by atoms with Crippen LogP contribution in [0.5, 0.6) is 5.75 Å². The molecule has 3 nitrogen and oxygen atoms in total. The van der Waals surface area contributed by atoms with Gasteiger partial charge in [0.25, 0.3) is 5.91 Å². The van der Waals surface area contributed by atoms with E-state index < -0.39 is 0 Å². The Morgan fingerprint density at radius 3 is 2.67 bits per heavy atom. The minimum Gasteiger partial charge on any atom is -0.478 e. The van der Waals surface area contributed by atoms with Gasteiger partial charge in [0.05, 0.1) is 5.69 Å². The van der Waals surface area contributed by atoms with Gasteiger partial charge in [-0.05, 0) is 31.4 Å². The molecule has 1 aliphatic heterocycles. The van der Waals surface area contributed by atoms with E-state index in [9.17, 15) is 4.79 Å². The minimum atomic E-state index is -0.349. The van der Waals surface area contributed by atoms with E-state index in [2.05, 4.69) is 5.32 Å². The molecule has 0 aliphatic carbocycles. The summed E-state index contributed by atoms with van der Waals surface area (Å²) >= 11 is 0. The Morgan fingerprint density at radius 1 is 1.33 bits per heavy atom. The highest BCUT2D eigenvalue weighted by Crippen LogP contribution is 2.36. The maximum atomic E-state index is 11.6. The molecule has 0 fully saturated rings. The average molecular weight is 205 g/mol. The van der Waals surface area contributed by atoms with Gasteiger partial charge in [0.2, 0.25) is 0 Å². The molecule has 1 unspecified atom stereocenters. The summed E-state index contributed by atoms with van der Waals surface area (Å²) in [5.74, 6) is 0.778. The Morgan fingerprint density at radius 2 is 2.00 bits per heavy atom. The smallest absolute Gasteiger partial charge is 0.265 e. The lowest BCUT2D eigenvalue weighted by molar-refractivity contribution is -0.123. The molecule has 0 spiro atoms. The molecule has 1 amide bonds. The molecule has 0 saturated heterocycles. The number of aryl methyl sites for hydroxylation is 2. The molecular formula is C12H15NO2. The van der Waals surface area contributed by atoms with Gasteiger partial charge in [-0.2, -0.15) is 0 Å². The summed E-state index contributed by atoms with van der Waals surface area (Å²) in [5, 5.41) is 2.91. The van der Waals surface area contributed by atoms with E-state index in [1.165, 1.54) is 0 Å². The highest BCUT2D eigenvalue weighted by atomic mass is 16.5. The van der Waals surface area contributed by atoms with Gasteiger partial charge in [0.1, 0.15) is 5.75 Å². The quantitative estimate of drug-likeness (QED) is 0.764. The Bertz CT molecular complexity index is 412. The van der Waals surface area contributed by atoms with Gasteiger partial charge in [-0.25, -0.2) is 0 Å². The summed E-state index contributed by atoms with van der Waals surface area (Å²) in [5.41, 5.74) is 2.93. The topological polar surface area (TPSA) is 38.3 Å². The fourth-order valence-corrected chi connectivity index (χ4v) is 1.76. The predicted molar refractivity (Wildman–Crippen MR) is 59.3 cm³/mol. The van der Waals surface area contributed by atoms with Gasteiger partial charge in [-0.1, -0.05) is 19.1 Å². The standard InChI is InChI=1S/C12H15NO2/c1-4-9-12(14)13-10-7(2)5-6-8(3)11(10)15-9/h5-6,9H,4H2,1-3H3,(H,13,14). The van der Waals surface area contributed by atoms with E-state index in [4.69, 9.17) is 4.74 Å². The third-order valence-electron chi connectivity index (χ3n) is 2.73. The highest BCUT2D eigenvalue weighted by molar-refractivity contribution is 5.98. The molecule has 1 atom stereocenters. The number of hydrogen-bond acceptors (Lipinski definition) is 2. The molecule has 15 heavy (non-hydrogen) atoms. The first kappa shape index (κ1) is 10.0. The number of nitrogens with one attached hydrogen (secondary N) is 1. The van der Waals surface area contributed by atoms with Gasteiger partial charge < -0.3 is 10.1 Å². The van der Waals surface area contributed by atoms with Crippen LogP contribution in [0.2, 0.25) is 0 Å². The number of amides is 1. The Balaban J connectivity index is 2.48. The molecule has 80 valence electrons. The summed E-state index contributed by atoms with van der Waals surface area (Å²) in [4.78, 5) is 11.6. The second kappa shape index (κ2) is 3.57. The largest absolute Gasteiger partial charge is 0.478 e. The van der Waals surface area contributed by atoms with Crippen LogP contribution in [0.1, 0.15) is 24.5 Å². The van der Waals surface area contributed by atoms with Crippen LogP contribution in [-0.2, 0) is 4.79 Å². The van der Waals surface area contributed by atoms with Crippen molar-refractivity contribution < 1.29 is 9.53 Å². The van der Waals surface area contributed by atoms with Crippen LogP contribution in [0.25, 0.3) is 0 Å². The molecule has 0 saturated carbocycles. The fourth-order valence-electron chi connectivity index (χ4n) is 1.76. The first-order chi connectivity index (χ1) is 7.13. The number of benzene rings is 1. The summed E-state index contributed by atoms with van der Waals surface area (Å²) in [6, 6.07) is 4.00. The zero-order chi connectivity index (χ0) is 11.0. The molecule has 1 aromatic carbocycles. The van der Waals surface area contributed by atoms with E-state index in [0.29, 0.717) is 6.42 Å². The maximum Gasteiger partial charge on any atom is 0.265 e. The van der Waals surface area contributed by atoms with Crippen molar-refractivity contribution in [3.05, 3.63) is 23.3 Å². The van der Waals surface area contributed by atoms with E-state index in [1.807, 2.05) is 32.9 Å². The second-order valence-corrected chi connectivity index (χ2v) is 3.91. The highest BCUT2D eigenvalue weighted by Gasteiger charge is 2.27. The maximum absolute atomic E-state index is 11.6. The minimum absolute atomic E-state index is 0.0429. The number of hydrogen-bond donors (Lipinski definition) is 1. The first-order valence-electron chi connectivity index (χ1n) is 5.21. The van der Waals surface area contributed by atoms with E-state index >= 15 is 0 Å². The summed E-state index contributed by atoms with van der Waals surface area (Å²) < 4.78 is 5.69. The van der Waals surface area contributed by atoms with Crippen LogP contribution in [0, 0.1) is 13.8 Å². The normalized spacial score (nSPS) is 19.1. The van der Waals surface area contributed by atoms with Crippen LogP contribution in [0.4, 0.5) is 5.69 Å². The van der Waals surface area contributed by atoms with Gasteiger partial charge in [-0.15, -0.1) is 0 Å². The van der Waals surface area contributed by atoms with Gasteiger partial charge in [-0.3, -0.25) is 4.79 Å². The van der Waals surface area contributed by atoms with Crippen molar-refractivity contribution in [2.75, 3.05) is 5.32 Å². The zero-order valence-corrected chi connectivity index (χ0v) is 9.26. The zero-order valence-electron chi connectivity index (χ0n) is 9.26.